The fourth-order valence-corrected chi connectivity index (χ4v) is 2.31. The summed E-state index contributed by atoms with van der Waals surface area (Å²) < 4.78 is 5.16. The topological polar surface area (TPSA) is 55.4 Å². The van der Waals surface area contributed by atoms with E-state index in [0.29, 0.717) is 21.3 Å². The molecule has 0 bridgehead atoms. The summed E-state index contributed by atoms with van der Waals surface area (Å²) in [5.41, 5.74) is 2.41. The van der Waals surface area contributed by atoms with E-state index in [2.05, 4.69) is 5.32 Å². The SMILES string of the molecule is Cc1ccc(NC(=O)[C@@H](C)OC(=O)Cc2ccc(Cl)c(Cl)c2)cc1. The fourth-order valence-electron chi connectivity index (χ4n) is 1.99. The molecule has 0 aliphatic heterocycles. The maximum atomic E-state index is 12.1. The molecule has 4 nitrogen and oxygen atoms in total. The van der Waals surface area contributed by atoms with Gasteiger partial charge in [-0.15, -0.1) is 0 Å². The molecule has 0 fully saturated rings. The van der Waals surface area contributed by atoms with Gasteiger partial charge in [0.15, 0.2) is 6.10 Å². The molecule has 24 heavy (non-hydrogen) atoms. The summed E-state index contributed by atoms with van der Waals surface area (Å²) in [7, 11) is 0. The van der Waals surface area contributed by atoms with Crippen molar-refractivity contribution in [2.75, 3.05) is 5.32 Å². The van der Waals surface area contributed by atoms with Crippen LogP contribution in [-0.4, -0.2) is 18.0 Å². The molecule has 0 heterocycles. The molecular formula is C18H17Cl2NO3. The van der Waals surface area contributed by atoms with E-state index in [4.69, 9.17) is 27.9 Å². The van der Waals surface area contributed by atoms with E-state index in [-0.39, 0.29) is 12.3 Å². The molecule has 1 amide bonds. The Kier molecular flexibility index (Phi) is 6.23. The Balaban J connectivity index is 1.89. The molecule has 0 aliphatic carbocycles. The average Bonchev–Trinajstić information content (AvgIpc) is 2.53. The first kappa shape index (κ1) is 18.3. The summed E-state index contributed by atoms with van der Waals surface area (Å²) >= 11 is 11.7. The summed E-state index contributed by atoms with van der Waals surface area (Å²) in [5, 5.41) is 3.48. The molecule has 2 rings (SSSR count). The first-order chi connectivity index (χ1) is 11.3. The van der Waals surface area contributed by atoms with Crippen molar-refractivity contribution in [3.63, 3.8) is 0 Å². The van der Waals surface area contributed by atoms with Crippen LogP contribution in [0, 0.1) is 6.92 Å². The van der Waals surface area contributed by atoms with Crippen LogP contribution >= 0.6 is 23.2 Å². The van der Waals surface area contributed by atoms with Gasteiger partial charge >= 0.3 is 5.97 Å². The van der Waals surface area contributed by atoms with Crippen LogP contribution in [0.1, 0.15) is 18.1 Å². The van der Waals surface area contributed by atoms with Crippen LogP contribution in [0.3, 0.4) is 0 Å². The largest absolute Gasteiger partial charge is 0.452 e. The van der Waals surface area contributed by atoms with Crippen molar-refractivity contribution in [3.05, 3.63) is 63.6 Å². The van der Waals surface area contributed by atoms with Crippen molar-refractivity contribution >= 4 is 40.8 Å². The zero-order valence-electron chi connectivity index (χ0n) is 13.3. The summed E-state index contributed by atoms with van der Waals surface area (Å²) in [6, 6.07) is 12.2. The van der Waals surface area contributed by atoms with Gasteiger partial charge in [-0.25, -0.2) is 0 Å². The van der Waals surface area contributed by atoms with Crippen molar-refractivity contribution in [2.45, 2.75) is 26.4 Å². The van der Waals surface area contributed by atoms with Crippen LogP contribution in [0.4, 0.5) is 5.69 Å². The third kappa shape index (κ3) is 5.25. The number of benzene rings is 2. The molecule has 0 unspecified atom stereocenters. The second-order valence-corrected chi connectivity index (χ2v) is 6.23. The molecule has 2 aromatic carbocycles. The third-order valence-electron chi connectivity index (χ3n) is 3.33. The Hall–Kier alpha value is -2.04. The van der Waals surface area contributed by atoms with Gasteiger partial charge in [0.05, 0.1) is 16.5 Å². The number of amides is 1. The van der Waals surface area contributed by atoms with Crippen molar-refractivity contribution in [1.82, 2.24) is 0 Å². The van der Waals surface area contributed by atoms with Crippen LogP contribution in [0.15, 0.2) is 42.5 Å². The van der Waals surface area contributed by atoms with E-state index in [9.17, 15) is 9.59 Å². The van der Waals surface area contributed by atoms with Gasteiger partial charge in [-0.1, -0.05) is 47.0 Å². The predicted molar refractivity (Wildman–Crippen MR) is 95.5 cm³/mol. The number of hydrogen-bond acceptors (Lipinski definition) is 3. The van der Waals surface area contributed by atoms with E-state index in [1.54, 1.807) is 30.3 Å². The molecule has 0 saturated heterocycles. The van der Waals surface area contributed by atoms with Gasteiger partial charge < -0.3 is 10.1 Å². The number of halogens is 2. The number of carbonyl (C=O) groups is 2. The summed E-state index contributed by atoms with van der Waals surface area (Å²) in [5.74, 6) is -0.902. The quantitative estimate of drug-likeness (QED) is 0.798. The maximum absolute atomic E-state index is 12.1. The molecule has 1 N–H and O–H groups in total. The number of ether oxygens (including phenoxy) is 1. The third-order valence-corrected chi connectivity index (χ3v) is 4.07. The van der Waals surface area contributed by atoms with Crippen LogP contribution < -0.4 is 5.32 Å². The van der Waals surface area contributed by atoms with Gasteiger partial charge in [-0.05, 0) is 43.7 Å². The zero-order chi connectivity index (χ0) is 17.7. The summed E-state index contributed by atoms with van der Waals surface area (Å²) in [4.78, 5) is 24.0. The molecule has 2 aromatic rings. The second-order valence-electron chi connectivity index (χ2n) is 5.41. The number of hydrogen-bond donors (Lipinski definition) is 1. The minimum Gasteiger partial charge on any atom is -0.452 e. The molecular weight excluding hydrogens is 349 g/mol. The first-order valence-electron chi connectivity index (χ1n) is 7.36. The average molecular weight is 366 g/mol. The lowest BCUT2D eigenvalue weighted by Gasteiger charge is -2.14. The lowest BCUT2D eigenvalue weighted by atomic mass is 10.1. The number of aryl methyl sites for hydroxylation is 1. The number of nitrogens with one attached hydrogen (secondary N) is 1. The lowest BCUT2D eigenvalue weighted by Crippen LogP contribution is -2.30. The molecule has 6 heteroatoms. The van der Waals surface area contributed by atoms with Crippen LogP contribution in [0.25, 0.3) is 0 Å². The molecule has 126 valence electrons. The first-order valence-corrected chi connectivity index (χ1v) is 8.11. The predicted octanol–water partition coefficient (Wildman–Crippen LogP) is 4.41. The monoisotopic (exact) mass is 365 g/mol. The van der Waals surface area contributed by atoms with Gasteiger partial charge in [-0.3, -0.25) is 9.59 Å². The Labute approximate surface area is 150 Å². The Morgan fingerprint density at radius 1 is 1.08 bits per heavy atom. The molecule has 0 spiro atoms. The summed E-state index contributed by atoms with van der Waals surface area (Å²) in [6.45, 7) is 3.48. The molecule has 1 atom stereocenters. The minimum atomic E-state index is -0.901. The van der Waals surface area contributed by atoms with Gasteiger partial charge in [0.1, 0.15) is 0 Å². The van der Waals surface area contributed by atoms with Crippen LogP contribution in [0.2, 0.25) is 10.0 Å². The molecule has 0 radical (unpaired) electrons. The molecule has 0 aromatic heterocycles. The highest BCUT2D eigenvalue weighted by molar-refractivity contribution is 6.42. The molecule has 0 saturated carbocycles. The number of anilines is 1. The second kappa shape index (κ2) is 8.18. The van der Waals surface area contributed by atoms with Gasteiger partial charge in [-0.2, -0.15) is 0 Å². The number of carbonyl (C=O) groups excluding carboxylic acids is 2. The highest BCUT2D eigenvalue weighted by Crippen LogP contribution is 2.23. The number of rotatable bonds is 5. The standard InChI is InChI=1S/C18H17Cl2NO3/c1-11-3-6-14(7-4-11)21-18(23)12(2)24-17(22)10-13-5-8-15(19)16(20)9-13/h3-9,12H,10H2,1-2H3,(H,21,23)/t12-/m1/s1. The van der Waals surface area contributed by atoms with E-state index >= 15 is 0 Å². The lowest BCUT2D eigenvalue weighted by molar-refractivity contribution is -0.152. The van der Waals surface area contributed by atoms with E-state index < -0.39 is 12.1 Å². The smallest absolute Gasteiger partial charge is 0.311 e. The van der Waals surface area contributed by atoms with Crippen LogP contribution in [0.5, 0.6) is 0 Å². The van der Waals surface area contributed by atoms with Crippen molar-refractivity contribution < 1.29 is 14.3 Å². The van der Waals surface area contributed by atoms with E-state index in [1.807, 2.05) is 19.1 Å². The van der Waals surface area contributed by atoms with Crippen molar-refractivity contribution in [1.29, 1.82) is 0 Å². The number of esters is 1. The van der Waals surface area contributed by atoms with E-state index in [0.717, 1.165) is 5.56 Å². The van der Waals surface area contributed by atoms with Gasteiger partial charge in [0.25, 0.3) is 5.91 Å². The maximum Gasteiger partial charge on any atom is 0.311 e. The fraction of sp³-hybridized carbons (Fsp3) is 0.222. The normalized spacial score (nSPS) is 11.7. The molecule has 0 aliphatic rings. The van der Waals surface area contributed by atoms with Gasteiger partial charge in [0.2, 0.25) is 0 Å². The van der Waals surface area contributed by atoms with Crippen LogP contribution in [-0.2, 0) is 20.7 Å². The Morgan fingerprint density at radius 2 is 1.75 bits per heavy atom. The Morgan fingerprint density at radius 3 is 2.38 bits per heavy atom. The highest BCUT2D eigenvalue weighted by Gasteiger charge is 2.18. The van der Waals surface area contributed by atoms with E-state index in [1.165, 1.54) is 6.92 Å². The minimum absolute atomic E-state index is 0.0129. The van der Waals surface area contributed by atoms with Crippen molar-refractivity contribution in [3.8, 4) is 0 Å². The summed E-state index contributed by atoms with van der Waals surface area (Å²) in [6.07, 6.45) is -0.888. The Bertz CT molecular complexity index is 744. The van der Waals surface area contributed by atoms with Gasteiger partial charge in [0, 0.05) is 5.69 Å². The highest BCUT2D eigenvalue weighted by atomic mass is 35.5. The van der Waals surface area contributed by atoms with Crippen molar-refractivity contribution in [2.24, 2.45) is 0 Å². The zero-order valence-corrected chi connectivity index (χ0v) is 14.8.